The quantitative estimate of drug-likeness (QED) is 0.696. The Morgan fingerprint density at radius 2 is 1.93 bits per heavy atom. The predicted octanol–water partition coefficient (Wildman–Crippen LogP) is 0.584. The second-order valence-electron chi connectivity index (χ2n) is 4.75. The van der Waals surface area contributed by atoms with Gasteiger partial charge in [-0.3, -0.25) is 0 Å². The lowest BCUT2D eigenvalue weighted by Crippen LogP contribution is -2.54. The molecule has 3 nitrogen and oxygen atoms in total. The zero-order chi connectivity index (χ0) is 9.97. The molecule has 0 saturated carbocycles. The van der Waals surface area contributed by atoms with Crippen molar-refractivity contribution < 1.29 is 5.11 Å². The zero-order valence-electron chi connectivity index (χ0n) is 9.08. The molecule has 82 valence electrons. The maximum absolute atomic E-state index is 8.78. The van der Waals surface area contributed by atoms with Crippen molar-refractivity contribution in [3.05, 3.63) is 0 Å². The monoisotopic (exact) mass is 198 g/mol. The number of piperidine rings is 2. The molecule has 0 radical (unpaired) electrons. The second kappa shape index (κ2) is 4.60. The SMILES string of the molecule is CN1C2CCCC1CC(NCCO)C2. The van der Waals surface area contributed by atoms with Crippen LogP contribution in [0, 0.1) is 0 Å². The van der Waals surface area contributed by atoms with Gasteiger partial charge in [-0.15, -0.1) is 0 Å². The van der Waals surface area contributed by atoms with Crippen LogP contribution in [0.3, 0.4) is 0 Å². The fourth-order valence-electron chi connectivity index (χ4n) is 3.05. The Bertz CT molecular complexity index is 172. The van der Waals surface area contributed by atoms with Gasteiger partial charge in [0.25, 0.3) is 0 Å². The van der Waals surface area contributed by atoms with Crippen LogP contribution < -0.4 is 5.32 Å². The molecule has 14 heavy (non-hydrogen) atoms. The zero-order valence-corrected chi connectivity index (χ0v) is 9.08. The van der Waals surface area contributed by atoms with Crippen molar-refractivity contribution in [1.29, 1.82) is 0 Å². The van der Waals surface area contributed by atoms with Gasteiger partial charge in [0, 0.05) is 24.7 Å². The van der Waals surface area contributed by atoms with Crippen molar-refractivity contribution in [3.63, 3.8) is 0 Å². The fraction of sp³-hybridized carbons (Fsp3) is 1.00. The molecule has 0 aromatic heterocycles. The summed E-state index contributed by atoms with van der Waals surface area (Å²) >= 11 is 0. The van der Waals surface area contributed by atoms with Crippen LogP contribution in [-0.2, 0) is 0 Å². The van der Waals surface area contributed by atoms with Gasteiger partial charge in [0.05, 0.1) is 6.61 Å². The predicted molar refractivity (Wildman–Crippen MR) is 57.3 cm³/mol. The third-order valence-corrected chi connectivity index (χ3v) is 3.88. The molecule has 2 bridgehead atoms. The Kier molecular flexibility index (Phi) is 3.42. The first kappa shape index (κ1) is 10.4. The summed E-state index contributed by atoms with van der Waals surface area (Å²) in [6, 6.07) is 2.23. The molecule has 0 aliphatic carbocycles. The van der Waals surface area contributed by atoms with E-state index in [1.807, 2.05) is 0 Å². The lowest BCUT2D eigenvalue weighted by Gasteiger charge is -2.47. The number of nitrogens with zero attached hydrogens (tertiary/aromatic N) is 1. The Morgan fingerprint density at radius 3 is 2.50 bits per heavy atom. The molecule has 2 N–H and O–H groups in total. The van der Waals surface area contributed by atoms with Crippen LogP contribution in [0.5, 0.6) is 0 Å². The number of hydrogen-bond acceptors (Lipinski definition) is 3. The molecule has 0 aromatic rings. The molecule has 2 fully saturated rings. The van der Waals surface area contributed by atoms with E-state index in [-0.39, 0.29) is 6.61 Å². The third kappa shape index (κ3) is 2.10. The van der Waals surface area contributed by atoms with E-state index < -0.39 is 0 Å². The highest BCUT2D eigenvalue weighted by molar-refractivity contribution is 4.93. The van der Waals surface area contributed by atoms with Gasteiger partial charge in [-0.25, -0.2) is 0 Å². The Morgan fingerprint density at radius 1 is 1.29 bits per heavy atom. The Labute approximate surface area is 86.5 Å². The summed E-state index contributed by atoms with van der Waals surface area (Å²) in [5.74, 6) is 0. The molecular formula is C11H22N2O. The van der Waals surface area contributed by atoms with Crippen LogP contribution in [0.15, 0.2) is 0 Å². The minimum Gasteiger partial charge on any atom is -0.395 e. The largest absolute Gasteiger partial charge is 0.395 e. The van der Waals surface area contributed by atoms with Crippen LogP contribution in [-0.4, -0.2) is 48.3 Å². The summed E-state index contributed by atoms with van der Waals surface area (Å²) in [6.45, 7) is 1.02. The van der Waals surface area contributed by atoms with Crippen LogP contribution in [0.2, 0.25) is 0 Å². The summed E-state index contributed by atoms with van der Waals surface area (Å²) in [7, 11) is 2.27. The molecular weight excluding hydrogens is 176 g/mol. The van der Waals surface area contributed by atoms with Gasteiger partial charge in [0.15, 0.2) is 0 Å². The number of nitrogens with one attached hydrogen (secondary N) is 1. The average molecular weight is 198 g/mol. The van der Waals surface area contributed by atoms with Gasteiger partial charge in [-0.1, -0.05) is 6.42 Å². The highest BCUT2D eigenvalue weighted by atomic mass is 16.3. The maximum atomic E-state index is 8.78. The number of hydrogen-bond donors (Lipinski definition) is 2. The number of aliphatic hydroxyl groups is 1. The van der Waals surface area contributed by atoms with Gasteiger partial charge in [0.1, 0.15) is 0 Å². The standard InChI is InChI=1S/C11H22N2O/c1-13-10-3-2-4-11(13)8-9(7-10)12-5-6-14/h9-12,14H,2-8H2,1H3. The van der Waals surface area contributed by atoms with E-state index in [2.05, 4.69) is 17.3 Å². The maximum Gasteiger partial charge on any atom is 0.0556 e. The second-order valence-corrected chi connectivity index (χ2v) is 4.75. The minimum absolute atomic E-state index is 0.266. The smallest absolute Gasteiger partial charge is 0.0556 e. The van der Waals surface area contributed by atoms with E-state index in [9.17, 15) is 0 Å². The van der Waals surface area contributed by atoms with Crippen LogP contribution in [0.25, 0.3) is 0 Å². The van der Waals surface area contributed by atoms with E-state index in [0.717, 1.165) is 18.6 Å². The Balaban J connectivity index is 1.87. The summed E-state index contributed by atoms with van der Waals surface area (Å²) < 4.78 is 0. The molecule has 0 aromatic carbocycles. The molecule has 2 rings (SSSR count). The lowest BCUT2D eigenvalue weighted by atomic mass is 9.82. The third-order valence-electron chi connectivity index (χ3n) is 3.88. The van der Waals surface area contributed by atoms with Gasteiger partial charge < -0.3 is 15.3 Å². The molecule has 2 unspecified atom stereocenters. The Hall–Kier alpha value is -0.120. The first-order valence-electron chi connectivity index (χ1n) is 5.87. The molecule has 2 saturated heterocycles. The summed E-state index contributed by atoms with van der Waals surface area (Å²) in [5, 5.41) is 12.2. The number of rotatable bonds is 3. The minimum atomic E-state index is 0.266. The lowest BCUT2D eigenvalue weighted by molar-refractivity contribution is 0.0476. The summed E-state index contributed by atoms with van der Waals surface area (Å²) in [6.07, 6.45) is 6.68. The number of fused-ring (bicyclic) bond motifs is 2. The molecule has 2 aliphatic heterocycles. The summed E-state index contributed by atoms with van der Waals surface area (Å²) in [4.78, 5) is 2.57. The number of aliphatic hydroxyl groups excluding tert-OH is 1. The van der Waals surface area contributed by atoms with E-state index in [0.29, 0.717) is 6.04 Å². The molecule has 3 heteroatoms. The van der Waals surface area contributed by atoms with Crippen molar-refractivity contribution >= 4 is 0 Å². The van der Waals surface area contributed by atoms with E-state index in [1.165, 1.54) is 32.1 Å². The van der Waals surface area contributed by atoms with Crippen LogP contribution in [0.4, 0.5) is 0 Å². The van der Waals surface area contributed by atoms with E-state index in [4.69, 9.17) is 5.11 Å². The fourth-order valence-corrected chi connectivity index (χ4v) is 3.05. The van der Waals surface area contributed by atoms with Crippen LogP contribution in [0.1, 0.15) is 32.1 Å². The van der Waals surface area contributed by atoms with E-state index >= 15 is 0 Å². The normalized spacial score (nSPS) is 38.6. The summed E-state index contributed by atoms with van der Waals surface area (Å²) in [5.41, 5.74) is 0. The van der Waals surface area contributed by atoms with Crippen LogP contribution >= 0.6 is 0 Å². The molecule has 2 atom stereocenters. The van der Waals surface area contributed by atoms with Crippen molar-refractivity contribution in [2.45, 2.75) is 50.2 Å². The van der Waals surface area contributed by atoms with Gasteiger partial charge in [-0.05, 0) is 32.7 Å². The highest BCUT2D eigenvalue weighted by Gasteiger charge is 2.35. The molecule has 2 aliphatic rings. The first-order valence-corrected chi connectivity index (χ1v) is 5.87. The first-order chi connectivity index (χ1) is 6.81. The van der Waals surface area contributed by atoms with Gasteiger partial charge >= 0.3 is 0 Å². The molecule has 0 amide bonds. The van der Waals surface area contributed by atoms with Crippen molar-refractivity contribution in [3.8, 4) is 0 Å². The average Bonchev–Trinajstić information content (AvgIpc) is 2.15. The highest BCUT2D eigenvalue weighted by Crippen LogP contribution is 2.32. The van der Waals surface area contributed by atoms with E-state index in [1.54, 1.807) is 0 Å². The van der Waals surface area contributed by atoms with Crippen molar-refractivity contribution in [2.24, 2.45) is 0 Å². The topological polar surface area (TPSA) is 35.5 Å². The molecule has 2 heterocycles. The van der Waals surface area contributed by atoms with Gasteiger partial charge in [0.2, 0.25) is 0 Å². The van der Waals surface area contributed by atoms with Crippen molar-refractivity contribution in [2.75, 3.05) is 20.2 Å². The van der Waals surface area contributed by atoms with Crippen molar-refractivity contribution in [1.82, 2.24) is 10.2 Å². The van der Waals surface area contributed by atoms with Gasteiger partial charge in [-0.2, -0.15) is 0 Å². The molecule has 0 spiro atoms.